The highest BCUT2D eigenvalue weighted by molar-refractivity contribution is 5.86. The van der Waals surface area contributed by atoms with Crippen molar-refractivity contribution in [3.8, 4) is 0 Å². The summed E-state index contributed by atoms with van der Waals surface area (Å²) in [4.78, 5) is 87.3. The first-order chi connectivity index (χ1) is 20.6. The lowest BCUT2D eigenvalue weighted by atomic mass is 9.83. The van der Waals surface area contributed by atoms with Crippen LogP contribution >= 0.6 is 0 Å². The third-order valence-electron chi connectivity index (χ3n) is 8.99. The van der Waals surface area contributed by atoms with Crippen LogP contribution in [0.5, 0.6) is 0 Å². The molecule has 0 radical (unpaired) electrons. The number of H-pyrrole nitrogens is 2. The first kappa shape index (κ1) is 31.5. The van der Waals surface area contributed by atoms with E-state index in [0.29, 0.717) is 17.5 Å². The molecule has 4 saturated heterocycles. The number of hydrogen-bond acceptors (Lipinski definition) is 11. The number of nitrogens with zero attached hydrogens (tertiary/aromatic N) is 4. The first-order valence-electron chi connectivity index (χ1n) is 14.2. The van der Waals surface area contributed by atoms with Crippen LogP contribution in [0.25, 0.3) is 0 Å². The Bertz CT molecular complexity index is 1600. The molecule has 44 heavy (non-hydrogen) atoms. The van der Waals surface area contributed by atoms with E-state index in [1.807, 2.05) is 13.8 Å². The minimum Gasteiger partial charge on any atom is -0.387 e. The van der Waals surface area contributed by atoms with Crippen LogP contribution in [0.1, 0.15) is 57.2 Å². The molecule has 6 heterocycles. The van der Waals surface area contributed by atoms with Crippen molar-refractivity contribution in [2.24, 2.45) is 5.92 Å². The van der Waals surface area contributed by atoms with E-state index in [1.165, 1.54) is 36.1 Å². The Labute approximate surface area is 249 Å². The molecule has 2 amide bonds. The van der Waals surface area contributed by atoms with Gasteiger partial charge >= 0.3 is 11.4 Å². The van der Waals surface area contributed by atoms with Gasteiger partial charge in [-0.25, -0.2) is 19.7 Å². The van der Waals surface area contributed by atoms with Crippen LogP contribution in [0.2, 0.25) is 0 Å². The maximum Gasteiger partial charge on any atom is 0.330 e. The van der Waals surface area contributed by atoms with Crippen LogP contribution in [0.3, 0.4) is 0 Å². The van der Waals surface area contributed by atoms with Gasteiger partial charge in [0.2, 0.25) is 0 Å². The normalized spacial score (nSPS) is 34.3. The fraction of sp³-hybridized carbons (Fsp3) is 0.630. The molecule has 2 aromatic heterocycles. The van der Waals surface area contributed by atoms with Crippen molar-refractivity contribution in [1.29, 1.82) is 0 Å². The Balaban J connectivity index is 0.000000175. The summed E-state index contributed by atoms with van der Waals surface area (Å²) in [6, 6.07) is 0. The number of hydroxylamine groups is 4. The van der Waals surface area contributed by atoms with Gasteiger partial charge in [-0.2, -0.15) is 0 Å². The van der Waals surface area contributed by atoms with E-state index in [4.69, 9.17) is 19.1 Å². The molecule has 6 rings (SSSR count). The maximum atomic E-state index is 12.5. The summed E-state index contributed by atoms with van der Waals surface area (Å²) >= 11 is 0. The van der Waals surface area contributed by atoms with Crippen LogP contribution < -0.4 is 22.5 Å². The van der Waals surface area contributed by atoms with Gasteiger partial charge in [-0.15, -0.1) is 0 Å². The largest absolute Gasteiger partial charge is 0.387 e. The van der Waals surface area contributed by atoms with Gasteiger partial charge in [-0.3, -0.25) is 48.0 Å². The fourth-order valence-corrected chi connectivity index (χ4v) is 6.33. The predicted molar refractivity (Wildman–Crippen MR) is 149 cm³/mol. The van der Waals surface area contributed by atoms with E-state index in [0.717, 1.165) is 9.63 Å². The van der Waals surface area contributed by atoms with Crippen molar-refractivity contribution >= 4 is 11.8 Å². The van der Waals surface area contributed by atoms with E-state index in [1.54, 1.807) is 20.8 Å². The number of carbonyl (C=O) groups is 2. The zero-order valence-electron chi connectivity index (χ0n) is 25.4. The lowest BCUT2D eigenvalue weighted by molar-refractivity contribution is -0.242. The number of likely N-dealkylation sites (N-methyl/N-ethyl adjacent to an activating group) is 2. The SMILES string of the molecule is CC[C@]12O[C@@H](n3cc(C)c(=O)[nH]c3=O)[C@@H](ON(C)C1=O)C2C.CC[C@]12O[C@@H](n3cc(C)c(=O)[nH]c3=O)[C@@H](ON(C)C1=O)C2O. The quantitative estimate of drug-likeness (QED) is 0.362. The van der Waals surface area contributed by atoms with Gasteiger partial charge in [0.25, 0.3) is 22.9 Å². The number of aliphatic hydroxyl groups excluding tert-OH is 1. The third kappa shape index (κ3) is 4.49. The molecule has 3 N–H and O–H groups in total. The molecule has 4 fully saturated rings. The van der Waals surface area contributed by atoms with Gasteiger partial charge < -0.3 is 14.6 Å². The van der Waals surface area contributed by atoms with E-state index in [9.17, 15) is 33.9 Å². The van der Waals surface area contributed by atoms with Crippen molar-refractivity contribution in [3.05, 3.63) is 65.2 Å². The molecule has 17 heteroatoms. The molecule has 0 saturated carbocycles. The first-order valence-corrected chi connectivity index (χ1v) is 14.2. The van der Waals surface area contributed by atoms with Crippen molar-refractivity contribution in [3.63, 3.8) is 0 Å². The number of aromatic nitrogens is 4. The summed E-state index contributed by atoms with van der Waals surface area (Å²) in [6.45, 7) is 8.60. The number of aryl methyl sites for hydroxylation is 2. The minimum absolute atomic E-state index is 0.203. The zero-order chi connectivity index (χ0) is 32.5. The highest BCUT2D eigenvalue weighted by atomic mass is 16.7. The van der Waals surface area contributed by atoms with Crippen LogP contribution in [0, 0.1) is 19.8 Å². The van der Waals surface area contributed by atoms with E-state index in [2.05, 4.69) is 9.97 Å². The molecule has 240 valence electrons. The predicted octanol–water partition coefficient (Wildman–Crippen LogP) is -1.41. The summed E-state index contributed by atoms with van der Waals surface area (Å²) in [6.07, 6.45) is -0.900. The van der Waals surface area contributed by atoms with Crippen molar-refractivity contribution in [1.82, 2.24) is 29.2 Å². The Kier molecular flexibility index (Phi) is 7.82. The van der Waals surface area contributed by atoms with Gasteiger partial charge in [-0.05, 0) is 26.7 Å². The molecule has 4 aliphatic rings. The average Bonchev–Trinajstić information content (AvgIpc) is 3.33. The van der Waals surface area contributed by atoms with Crippen molar-refractivity contribution < 1.29 is 33.8 Å². The second-order valence-corrected chi connectivity index (χ2v) is 11.4. The molecule has 0 aromatic carbocycles. The van der Waals surface area contributed by atoms with Crippen LogP contribution in [0.4, 0.5) is 0 Å². The summed E-state index contributed by atoms with van der Waals surface area (Å²) in [5, 5.41) is 12.6. The molecule has 2 aromatic rings. The molecule has 0 aliphatic carbocycles. The van der Waals surface area contributed by atoms with Crippen molar-refractivity contribution in [2.75, 3.05) is 14.1 Å². The van der Waals surface area contributed by atoms with Gasteiger partial charge in [0.1, 0.15) is 12.2 Å². The van der Waals surface area contributed by atoms with E-state index >= 15 is 0 Å². The molecular formula is C27H36N6O11. The summed E-state index contributed by atoms with van der Waals surface area (Å²) in [5.74, 6) is -0.962. The average molecular weight is 621 g/mol. The van der Waals surface area contributed by atoms with E-state index in [-0.39, 0.29) is 18.2 Å². The second-order valence-electron chi connectivity index (χ2n) is 11.4. The summed E-state index contributed by atoms with van der Waals surface area (Å²) < 4.78 is 14.2. The monoisotopic (exact) mass is 620 g/mol. The Morgan fingerprint density at radius 3 is 1.64 bits per heavy atom. The maximum absolute atomic E-state index is 12.5. The van der Waals surface area contributed by atoms with E-state index < -0.39 is 70.4 Å². The Morgan fingerprint density at radius 2 is 1.16 bits per heavy atom. The number of nitrogens with one attached hydrogen (secondary N) is 2. The number of amides is 2. The van der Waals surface area contributed by atoms with Gasteiger partial charge in [0.05, 0.1) is 0 Å². The number of aromatic amines is 2. The number of carbonyl (C=O) groups excluding carboxylic acids is 2. The third-order valence-corrected chi connectivity index (χ3v) is 8.99. The topological polar surface area (TPSA) is 207 Å². The molecular weight excluding hydrogens is 584 g/mol. The van der Waals surface area contributed by atoms with Gasteiger partial charge in [0, 0.05) is 43.5 Å². The fourth-order valence-electron chi connectivity index (χ4n) is 6.33. The highest BCUT2D eigenvalue weighted by Gasteiger charge is 2.65. The second kappa shape index (κ2) is 10.9. The number of ether oxygens (including phenoxy) is 2. The van der Waals surface area contributed by atoms with Gasteiger partial charge in [-0.1, -0.05) is 20.8 Å². The summed E-state index contributed by atoms with van der Waals surface area (Å²) in [5.41, 5.74) is -3.96. The molecule has 2 unspecified atom stereocenters. The number of aliphatic hydroxyl groups is 1. The Morgan fingerprint density at radius 1 is 0.750 bits per heavy atom. The van der Waals surface area contributed by atoms with Crippen LogP contribution in [-0.2, 0) is 28.7 Å². The number of rotatable bonds is 4. The molecule has 8 atom stereocenters. The number of hydrogen-bond donors (Lipinski definition) is 3. The Hall–Kier alpha value is -3.90. The highest BCUT2D eigenvalue weighted by Crippen LogP contribution is 2.49. The molecule has 4 aliphatic heterocycles. The lowest BCUT2D eigenvalue weighted by Crippen LogP contribution is -2.60. The smallest absolute Gasteiger partial charge is 0.330 e. The molecule has 17 nitrogen and oxygen atoms in total. The zero-order valence-corrected chi connectivity index (χ0v) is 25.4. The summed E-state index contributed by atoms with van der Waals surface area (Å²) in [7, 11) is 2.97. The van der Waals surface area contributed by atoms with Crippen LogP contribution in [0.15, 0.2) is 31.6 Å². The molecule has 0 spiro atoms. The minimum atomic E-state index is -1.45. The van der Waals surface area contributed by atoms with Crippen molar-refractivity contribution in [2.45, 2.75) is 89.4 Å². The molecule has 4 bridgehead atoms. The number of fused-ring (bicyclic) bond motifs is 4. The standard InChI is InChI=1S/C14H19N3O5.C13H17N3O6/c1-5-14-8(3)9(22-16(4)12(14)19)11(21-14)17-6-7(2)10(18)15-13(17)20;1-4-13-8(17)7(22-15(3)11(13)19)10(21-13)16-5-6(2)9(18)14-12(16)20/h6,8-9,11H,5H2,1-4H3,(H,15,18,20);5,7-8,10,17H,4H2,1-3H3,(H,14,18,20)/t8?,9-,11+,14+;7-,8?,10+,13+/m00/s1. The van der Waals surface area contributed by atoms with Crippen LogP contribution in [-0.4, -0.2) is 89.8 Å². The lowest BCUT2D eigenvalue weighted by Gasteiger charge is -2.38. The van der Waals surface area contributed by atoms with Gasteiger partial charge in [0.15, 0.2) is 29.8 Å².